The molecule has 0 saturated carbocycles. The Hall–Kier alpha value is -4.54. The number of halogens is 3. The number of para-hydroxylation sites is 1. The SMILES string of the molecule is COC(=O)c1ccc2nc(Cc3cc(F)c(-c4cccc5c4OC(C)(c4ccc(Cl)cn4)O5)cc3F)n(C[C@@H]3CCO3)c2c1. The third-order valence-corrected chi connectivity index (χ3v) is 8.20. The highest BCUT2D eigenvalue weighted by atomic mass is 35.5. The van der Waals surface area contributed by atoms with Crippen LogP contribution in [0.5, 0.6) is 11.5 Å². The Kier molecular flexibility index (Phi) is 6.98. The second kappa shape index (κ2) is 10.9. The van der Waals surface area contributed by atoms with E-state index in [1.54, 1.807) is 55.5 Å². The highest BCUT2D eigenvalue weighted by molar-refractivity contribution is 6.30. The van der Waals surface area contributed by atoms with Crippen LogP contribution in [0.15, 0.2) is 66.9 Å². The molecule has 7 rings (SSSR count). The van der Waals surface area contributed by atoms with E-state index in [0.29, 0.717) is 57.6 Å². The first-order chi connectivity index (χ1) is 21.2. The van der Waals surface area contributed by atoms with Gasteiger partial charge in [0.2, 0.25) is 0 Å². The van der Waals surface area contributed by atoms with E-state index < -0.39 is 23.4 Å². The molecule has 5 aromatic rings. The van der Waals surface area contributed by atoms with Crippen LogP contribution in [0.2, 0.25) is 5.02 Å². The van der Waals surface area contributed by atoms with Gasteiger partial charge in [0, 0.05) is 37.3 Å². The van der Waals surface area contributed by atoms with E-state index in [1.165, 1.54) is 19.4 Å². The van der Waals surface area contributed by atoms with Gasteiger partial charge in [0.05, 0.1) is 41.4 Å². The number of hydrogen-bond donors (Lipinski definition) is 0. The van der Waals surface area contributed by atoms with Gasteiger partial charge in [-0.25, -0.2) is 18.6 Å². The molecule has 2 atom stereocenters. The maximum absolute atomic E-state index is 15.8. The summed E-state index contributed by atoms with van der Waals surface area (Å²) in [5.41, 5.74) is 2.65. The number of nitrogens with zero attached hydrogens (tertiary/aromatic N) is 3. The fraction of sp³-hybridized carbons (Fsp3) is 0.242. The van der Waals surface area contributed by atoms with E-state index in [0.717, 1.165) is 12.5 Å². The van der Waals surface area contributed by atoms with Crippen molar-refractivity contribution in [2.75, 3.05) is 13.7 Å². The summed E-state index contributed by atoms with van der Waals surface area (Å²) in [7, 11) is 1.32. The van der Waals surface area contributed by atoms with Crippen LogP contribution >= 0.6 is 11.6 Å². The zero-order chi connectivity index (χ0) is 30.6. The van der Waals surface area contributed by atoms with Crippen LogP contribution in [0.25, 0.3) is 22.2 Å². The zero-order valence-corrected chi connectivity index (χ0v) is 24.5. The number of aromatic nitrogens is 3. The highest BCUT2D eigenvalue weighted by Gasteiger charge is 2.41. The van der Waals surface area contributed by atoms with Crippen molar-refractivity contribution in [2.24, 2.45) is 0 Å². The molecule has 1 fully saturated rings. The Morgan fingerprint density at radius 2 is 1.93 bits per heavy atom. The van der Waals surface area contributed by atoms with Crippen molar-refractivity contribution >= 4 is 28.6 Å². The van der Waals surface area contributed by atoms with Crippen LogP contribution in [0, 0.1) is 11.6 Å². The molecule has 224 valence electrons. The van der Waals surface area contributed by atoms with E-state index in [9.17, 15) is 4.79 Å². The monoisotopic (exact) mass is 617 g/mol. The lowest BCUT2D eigenvalue weighted by Crippen LogP contribution is -2.32. The van der Waals surface area contributed by atoms with E-state index in [2.05, 4.69) is 4.98 Å². The van der Waals surface area contributed by atoms with Gasteiger partial charge < -0.3 is 23.5 Å². The first-order valence-corrected chi connectivity index (χ1v) is 14.4. The molecule has 2 aromatic heterocycles. The maximum atomic E-state index is 15.8. The predicted molar refractivity (Wildman–Crippen MR) is 158 cm³/mol. The molecule has 1 saturated heterocycles. The number of ether oxygens (including phenoxy) is 4. The minimum absolute atomic E-state index is 0.0187. The Labute approximate surface area is 256 Å². The molecule has 0 spiro atoms. The number of fused-ring (bicyclic) bond motifs is 2. The van der Waals surface area contributed by atoms with E-state index in [-0.39, 0.29) is 29.4 Å². The average Bonchev–Trinajstić information content (AvgIpc) is 3.53. The molecule has 44 heavy (non-hydrogen) atoms. The van der Waals surface area contributed by atoms with Crippen molar-refractivity contribution in [3.63, 3.8) is 0 Å². The van der Waals surface area contributed by atoms with Crippen LogP contribution in [0.3, 0.4) is 0 Å². The summed E-state index contributed by atoms with van der Waals surface area (Å²) < 4.78 is 56.3. The topological polar surface area (TPSA) is 84.7 Å². The molecule has 0 aliphatic carbocycles. The molecule has 4 heterocycles. The lowest BCUT2D eigenvalue weighted by Gasteiger charge is -2.27. The Balaban J connectivity index is 1.23. The summed E-state index contributed by atoms with van der Waals surface area (Å²) in [6.45, 7) is 2.82. The summed E-state index contributed by atoms with van der Waals surface area (Å²) in [6.07, 6.45) is 2.34. The predicted octanol–water partition coefficient (Wildman–Crippen LogP) is 6.84. The summed E-state index contributed by atoms with van der Waals surface area (Å²) in [4.78, 5) is 21.2. The lowest BCUT2D eigenvalue weighted by molar-refractivity contribution is -0.0715. The molecule has 0 N–H and O–H groups in total. The van der Waals surface area contributed by atoms with Crippen LogP contribution in [-0.2, 0) is 28.2 Å². The quantitative estimate of drug-likeness (QED) is 0.185. The van der Waals surface area contributed by atoms with Gasteiger partial charge in [-0.15, -0.1) is 0 Å². The number of methoxy groups -OCH3 is 1. The van der Waals surface area contributed by atoms with Crippen molar-refractivity contribution in [3.8, 4) is 22.6 Å². The average molecular weight is 618 g/mol. The zero-order valence-electron chi connectivity index (χ0n) is 23.8. The molecular weight excluding hydrogens is 592 g/mol. The molecule has 11 heteroatoms. The normalized spacial score (nSPS) is 18.8. The lowest BCUT2D eigenvalue weighted by atomic mass is 10.00. The van der Waals surface area contributed by atoms with E-state index in [4.69, 9.17) is 35.5 Å². The fourth-order valence-corrected chi connectivity index (χ4v) is 5.69. The number of hydrogen-bond acceptors (Lipinski definition) is 7. The number of pyridine rings is 1. The fourth-order valence-electron chi connectivity index (χ4n) is 5.58. The summed E-state index contributed by atoms with van der Waals surface area (Å²) in [5, 5.41) is 0.462. The first kappa shape index (κ1) is 28.2. The highest BCUT2D eigenvalue weighted by Crippen LogP contribution is 2.49. The van der Waals surface area contributed by atoms with Crippen molar-refractivity contribution in [1.29, 1.82) is 0 Å². The van der Waals surface area contributed by atoms with Crippen LogP contribution in [-0.4, -0.2) is 40.3 Å². The molecule has 1 unspecified atom stereocenters. The molecule has 2 aliphatic heterocycles. The number of rotatable bonds is 7. The largest absolute Gasteiger partial charge is 0.465 e. The van der Waals surface area contributed by atoms with E-state index >= 15 is 8.78 Å². The Morgan fingerprint density at radius 3 is 2.66 bits per heavy atom. The third kappa shape index (κ3) is 4.93. The Morgan fingerprint density at radius 1 is 1.09 bits per heavy atom. The second-order valence-corrected chi connectivity index (χ2v) is 11.3. The van der Waals surface area contributed by atoms with E-state index in [1.807, 2.05) is 4.57 Å². The summed E-state index contributed by atoms with van der Waals surface area (Å²) >= 11 is 5.99. The van der Waals surface area contributed by atoms with Gasteiger partial charge in [0.1, 0.15) is 23.2 Å². The minimum Gasteiger partial charge on any atom is -0.465 e. The number of carbonyl (C=O) groups is 1. The molecule has 0 amide bonds. The van der Waals surface area contributed by atoms with Gasteiger partial charge in [-0.1, -0.05) is 23.7 Å². The van der Waals surface area contributed by atoms with Gasteiger partial charge in [0.15, 0.2) is 11.5 Å². The van der Waals surface area contributed by atoms with Gasteiger partial charge in [-0.3, -0.25) is 4.98 Å². The minimum atomic E-state index is -1.28. The number of carbonyl (C=O) groups excluding carboxylic acids is 1. The van der Waals surface area contributed by atoms with Crippen LogP contribution in [0.1, 0.15) is 40.8 Å². The standard InChI is InChI=1S/C33H26ClF2N3O5/c1-33(29-9-7-20(34)16-37-29)43-28-5-3-4-22(31(28)44-33)23-15-24(35)19(12-25(23)36)14-30-38-26-8-6-18(32(40)41-2)13-27(26)39(30)17-21-10-11-42-21/h3-9,12-13,15-16,21H,10-11,14,17H2,1-2H3/t21-,33?/m0/s1. The van der Waals surface area contributed by atoms with Crippen molar-refractivity contribution < 1.29 is 32.5 Å². The van der Waals surface area contributed by atoms with Crippen molar-refractivity contribution in [1.82, 2.24) is 14.5 Å². The van der Waals surface area contributed by atoms with Gasteiger partial charge >= 0.3 is 5.97 Å². The van der Waals surface area contributed by atoms with Gasteiger partial charge in [0.25, 0.3) is 5.79 Å². The molecular formula is C33H26ClF2N3O5. The smallest absolute Gasteiger partial charge is 0.337 e. The summed E-state index contributed by atoms with van der Waals surface area (Å²) in [5.74, 6) is -1.81. The van der Waals surface area contributed by atoms with Crippen molar-refractivity contribution in [2.45, 2.75) is 38.2 Å². The number of esters is 1. The molecule has 0 bridgehead atoms. The number of benzene rings is 3. The second-order valence-electron chi connectivity index (χ2n) is 10.9. The third-order valence-electron chi connectivity index (χ3n) is 7.98. The van der Waals surface area contributed by atoms with Gasteiger partial charge in [-0.05, 0) is 60.5 Å². The van der Waals surface area contributed by atoms with Gasteiger partial charge in [-0.2, -0.15) is 0 Å². The first-order valence-electron chi connectivity index (χ1n) is 14.0. The van der Waals surface area contributed by atoms with Crippen molar-refractivity contribution in [3.05, 3.63) is 106 Å². The molecule has 2 aliphatic rings. The summed E-state index contributed by atoms with van der Waals surface area (Å²) in [6, 6.07) is 15.8. The van der Waals surface area contributed by atoms with Crippen LogP contribution in [0.4, 0.5) is 8.78 Å². The molecule has 3 aromatic carbocycles. The Bertz CT molecular complexity index is 1930. The number of imidazole rings is 1. The molecule has 8 nitrogen and oxygen atoms in total. The van der Waals surface area contributed by atoms with Crippen LogP contribution < -0.4 is 9.47 Å². The molecule has 0 radical (unpaired) electrons. The maximum Gasteiger partial charge on any atom is 0.337 e.